The fraction of sp³-hybridized carbons (Fsp3) is 0.308. The molecule has 3 aromatic carbocycles. The quantitative estimate of drug-likeness (QED) is 0.383. The third-order valence-corrected chi connectivity index (χ3v) is 7.30. The zero-order chi connectivity index (χ0) is 22.2. The van der Waals surface area contributed by atoms with Gasteiger partial charge >= 0.3 is 0 Å². The predicted octanol–water partition coefficient (Wildman–Crippen LogP) is 5.90. The number of thiazole rings is 1. The molecule has 5 rings (SSSR count). The van der Waals surface area contributed by atoms with Crippen molar-refractivity contribution in [2.24, 2.45) is 0 Å². The Morgan fingerprint density at radius 1 is 1.19 bits per heavy atom. The van der Waals surface area contributed by atoms with Gasteiger partial charge < -0.3 is 9.47 Å². The van der Waals surface area contributed by atoms with Crippen LogP contribution in [0.2, 0.25) is 0 Å². The van der Waals surface area contributed by atoms with Crippen LogP contribution in [0.3, 0.4) is 0 Å². The Morgan fingerprint density at radius 2 is 1.97 bits per heavy atom. The SMILES string of the molecule is COc1cc2ccccc2cc1C(=O)N(CC1CCCO1)c1nc2c(C)c(C)ccc2s1. The van der Waals surface area contributed by atoms with Crippen LogP contribution >= 0.6 is 11.3 Å². The molecule has 2 heterocycles. The molecule has 1 saturated heterocycles. The van der Waals surface area contributed by atoms with Gasteiger partial charge in [-0.05, 0) is 66.8 Å². The van der Waals surface area contributed by atoms with Gasteiger partial charge in [-0.15, -0.1) is 0 Å². The lowest BCUT2D eigenvalue weighted by molar-refractivity contribution is 0.0915. The summed E-state index contributed by atoms with van der Waals surface area (Å²) in [7, 11) is 1.61. The highest BCUT2D eigenvalue weighted by Gasteiger charge is 2.29. The monoisotopic (exact) mass is 446 g/mol. The number of ether oxygens (including phenoxy) is 2. The summed E-state index contributed by atoms with van der Waals surface area (Å²) in [4.78, 5) is 20.6. The molecule has 4 aromatic rings. The molecule has 1 fully saturated rings. The van der Waals surface area contributed by atoms with Crippen LogP contribution in [0.1, 0.15) is 34.3 Å². The van der Waals surface area contributed by atoms with Gasteiger partial charge in [0, 0.05) is 6.61 Å². The first-order chi connectivity index (χ1) is 15.5. The Hall–Kier alpha value is -2.96. The molecule has 1 amide bonds. The van der Waals surface area contributed by atoms with Crippen LogP contribution in [0.4, 0.5) is 5.13 Å². The molecule has 6 heteroatoms. The minimum atomic E-state index is -0.114. The van der Waals surface area contributed by atoms with E-state index in [2.05, 4.69) is 26.0 Å². The lowest BCUT2D eigenvalue weighted by Gasteiger charge is -2.24. The Morgan fingerprint density at radius 3 is 2.69 bits per heavy atom. The number of benzene rings is 3. The van der Waals surface area contributed by atoms with Crippen LogP contribution in [-0.4, -0.2) is 37.3 Å². The normalized spacial score (nSPS) is 16.0. The van der Waals surface area contributed by atoms with Gasteiger partial charge in [-0.25, -0.2) is 4.98 Å². The summed E-state index contributed by atoms with van der Waals surface area (Å²) in [5.74, 6) is 0.454. The van der Waals surface area contributed by atoms with Crippen LogP contribution in [0, 0.1) is 13.8 Å². The fourth-order valence-corrected chi connectivity index (χ4v) is 5.30. The first kappa shape index (κ1) is 20.9. The molecular weight excluding hydrogens is 420 g/mol. The fourth-order valence-electron chi connectivity index (χ4n) is 4.27. The van der Waals surface area contributed by atoms with E-state index >= 15 is 0 Å². The summed E-state index contributed by atoms with van der Waals surface area (Å²) in [6.45, 7) is 5.39. The summed E-state index contributed by atoms with van der Waals surface area (Å²) < 4.78 is 12.6. The van der Waals surface area contributed by atoms with Crippen molar-refractivity contribution in [1.29, 1.82) is 0 Å². The van der Waals surface area contributed by atoms with Gasteiger partial charge in [-0.3, -0.25) is 9.69 Å². The number of aromatic nitrogens is 1. The lowest BCUT2D eigenvalue weighted by Crippen LogP contribution is -2.37. The van der Waals surface area contributed by atoms with Crippen LogP contribution in [0.25, 0.3) is 21.0 Å². The first-order valence-corrected chi connectivity index (χ1v) is 11.7. The van der Waals surface area contributed by atoms with E-state index in [-0.39, 0.29) is 12.0 Å². The molecule has 1 aliphatic heterocycles. The van der Waals surface area contributed by atoms with Crippen molar-refractivity contribution in [1.82, 2.24) is 4.98 Å². The number of carbonyl (C=O) groups is 1. The number of hydrogen-bond donors (Lipinski definition) is 0. The van der Waals surface area contributed by atoms with Crippen molar-refractivity contribution in [3.63, 3.8) is 0 Å². The summed E-state index contributed by atoms with van der Waals surface area (Å²) in [5, 5.41) is 2.74. The van der Waals surface area contributed by atoms with E-state index in [0.29, 0.717) is 23.0 Å². The van der Waals surface area contributed by atoms with Crippen LogP contribution in [0.15, 0.2) is 48.5 Å². The van der Waals surface area contributed by atoms with E-state index < -0.39 is 0 Å². The maximum absolute atomic E-state index is 13.9. The summed E-state index contributed by atoms with van der Waals surface area (Å²) in [6, 6.07) is 16.0. The van der Waals surface area contributed by atoms with E-state index in [4.69, 9.17) is 14.5 Å². The molecule has 1 atom stereocenters. The molecule has 32 heavy (non-hydrogen) atoms. The third kappa shape index (κ3) is 3.74. The molecule has 0 saturated carbocycles. The topological polar surface area (TPSA) is 51.7 Å². The van der Waals surface area contributed by atoms with E-state index in [1.54, 1.807) is 23.3 Å². The Labute approximate surface area is 191 Å². The molecule has 1 aliphatic rings. The molecular formula is C26H26N2O3S. The van der Waals surface area contributed by atoms with Crippen molar-refractivity contribution < 1.29 is 14.3 Å². The maximum atomic E-state index is 13.9. The average Bonchev–Trinajstić information content (AvgIpc) is 3.48. The molecule has 0 spiro atoms. The van der Waals surface area contributed by atoms with Gasteiger partial charge in [0.2, 0.25) is 0 Å². The van der Waals surface area contributed by atoms with Crippen LogP contribution in [-0.2, 0) is 4.74 Å². The number of rotatable bonds is 5. The molecule has 0 radical (unpaired) electrons. The van der Waals surface area contributed by atoms with Gasteiger partial charge in [-0.1, -0.05) is 41.7 Å². The van der Waals surface area contributed by atoms with Gasteiger partial charge in [0.15, 0.2) is 5.13 Å². The van der Waals surface area contributed by atoms with Crippen molar-refractivity contribution >= 4 is 43.4 Å². The Bertz CT molecular complexity index is 1310. The average molecular weight is 447 g/mol. The second-order valence-corrected chi connectivity index (χ2v) is 9.31. The second kappa shape index (κ2) is 8.52. The van der Waals surface area contributed by atoms with Crippen molar-refractivity contribution in [2.75, 3.05) is 25.2 Å². The van der Waals surface area contributed by atoms with E-state index in [1.165, 1.54) is 5.56 Å². The standard InChI is InChI=1S/C26H26N2O3S/c1-16-10-11-23-24(17(16)2)27-26(32-23)28(15-20-9-6-12-31-20)25(29)21-13-18-7-4-5-8-19(18)14-22(21)30-3/h4-5,7-8,10-11,13-14,20H,6,9,12,15H2,1-3H3. The minimum absolute atomic E-state index is 0.0141. The van der Waals surface area contributed by atoms with Crippen LogP contribution < -0.4 is 9.64 Å². The highest BCUT2D eigenvalue weighted by molar-refractivity contribution is 7.22. The molecule has 0 bridgehead atoms. The molecule has 5 nitrogen and oxygen atoms in total. The van der Waals surface area contributed by atoms with Crippen molar-refractivity contribution in [3.8, 4) is 5.75 Å². The summed E-state index contributed by atoms with van der Waals surface area (Å²) in [5.41, 5.74) is 3.84. The number of nitrogens with zero attached hydrogens (tertiary/aromatic N) is 2. The van der Waals surface area contributed by atoms with Crippen LogP contribution in [0.5, 0.6) is 5.75 Å². The summed E-state index contributed by atoms with van der Waals surface area (Å²) in [6.07, 6.45) is 1.98. The van der Waals surface area contributed by atoms with Gasteiger partial charge in [0.25, 0.3) is 5.91 Å². The molecule has 1 aromatic heterocycles. The number of hydrogen-bond acceptors (Lipinski definition) is 5. The predicted molar refractivity (Wildman–Crippen MR) is 130 cm³/mol. The molecule has 0 aliphatic carbocycles. The largest absolute Gasteiger partial charge is 0.496 e. The van der Waals surface area contributed by atoms with Gasteiger partial charge in [0.05, 0.1) is 35.5 Å². The minimum Gasteiger partial charge on any atom is -0.496 e. The van der Waals surface area contributed by atoms with E-state index in [9.17, 15) is 4.79 Å². The molecule has 1 unspecified atom stereocenters. The van der Waals surface area contributed by atoms with E-state index in [1.807, 2.05) is 36.4 Å². The number of amides is 1. The number of methoxy groups -OCH3 is 1. The zero-order valence-corrected chi connectivity index (χ0v) is 19.4. The Balaban J connectivity index is 1.61. The van der Waals surface area contributed by atoms with Gasteiger partial charge in [-0.2, -0.15) is 0 Å². The smallest absolute Gasteiger partial charge is 0.263 e. The third-order valence-electron chi connectivity index (χ3n) is 6.26. The molecule has 164 valence electrons. The maximum Gasteiger partial charge on any atom is 0.263 e. The zero-order valence-electron chi connectivity index (χ0n) is 18.6. The first-order valence-electron chi connectivity index (χ1n) is 10.9. The van der Waals surface area contributed by atoms with Crippen molar-refractivity contribution in [2.45, 2.75) is 32.8 Å². The summed E-state index contributed by atoms with van der Waals surface area (Å²) >= 11 is 1.55. The van der Waals surface area contributed by atoms with E-state index in [0.717, 1.165) is 46.0 Å². The number of carbonyl (C=O) groups excluding carboxylic acids is 1. The second-order valence-electron chi connectivity index (χ2n) is 8.30. The number of fused-ring (bicyclic) bond motifs is 2. The Kier molecular flexibility index (Phi) is 5.57. The highest BCUT2D eigenvalue weighted by Crippen LogP contribution is 2.35. The highest BCUT2D eigenvalue weighted by atomic mass is 32.1. The lowest BCUT2D eigenvalue weighted by atomic mass is 10.0. The number of aryl methyl sites for hydroxylation is 2. The molecule has 0 N–H and O–H groups in total. The number of anilines is 1. The van der Waals surface area contributed by atoms with Gasteiger partial charge in [0.1, 0.15) is 5.75 Å². The van der Waals surface area contributed by atoms with Crippen molar-refractivity contribution in [3.05, 3.63) is 65.2 Å².